The van der Waals surface area contributed by atoms with Crippen molar-refractivity contribution in [3.05, 3.63) is 71.9 Å². The third-order valence-electron chi connectivity index (χ3n) is 4.60. The molecule has 0 saturated carbocycles. The second-order valence-corrected chi connectivity index (χ2v) is 8.42. The lowest BCUT2D eigenvalue weighted by Gasteiger charge is -2.19. The van der Waals surface area contributed by atoms with Gasteiger partial charge in [-0.25, -0.2) is 13.1 Å². The molecule has 0 fully saturated rings. The highest BCUT2D eigenvalue weighted by atomic mass is 32.2. The van der Waals surface area contributed by atoms with Crippen molar-refractivity contribution in [2.45, 2.75) is 44.0 Å². The van der Waals surface area contributed by atoms with E-state index in [2.05, 4.69) is 35.7 Å². The number of hydrogen-bond donors (Lipinski definition) is 1. The van der Waals surface area contributed by atoms with Crippen molar-refractivity contribution in [3.63, 3.8) is 0 Å². The van der Waals surface area contributed by atoms with Gasteiger partial charge in [-0.1, -0.05) is 63.2 Å². The summed E-state index contributed by atoms with van der Waals surface area (Å²) in [5.74, 6) is 0.447. The van der Waals surface area contributed by atoms with Crippen molar-refractivity contribution >= 4 is 20.9 Å². The Hall–Kier alpha value is -2.24. The van der Waals surface area contributed by atoms with E-state index in [9.17, 15) is 8.42 Å². The molecule has 0 amide bonds. The number of benzene rings is 2. The van der Waals surface area contributed by atoms with Crippen LogP contribution in [0, 0.1) is 0 Å². The molecule has 0 saturated heterocycles. The number of fused-ring (bicyclic) bond motifs is 1. The highest BCUT2D eigenvalue weighted by molar-refractivity contribution is 7.89. The minimum Gasteiger partial charge on any atom is -0.255 e. The lowest BCUT2D eigenvalue weighted by molar-refractivity contribution is 0.550. The van der Waals surface area contributed by atoms with E-state index >= 15 is 0 Å². The fraction of sp³-hybridized carbons (Fsp3) is 0.286. The Morgan fingerprint density at radius 1 is 0.962 bits per heavy atom. The van der Waals surface area contributed by atoms with Gasteiger partial charge in [-0.15, -0.1) is 0 Å². The van der Waals surface area contributed by atoms with Gasteiger partial charge in [0.25, 0.3) is 0 Å². The molecule has 1 unspecified atom stereocenters. The van der Waals surface area contributed by atoms with Crippen LogP contribution in [0.3, 0.4) is 0 Å². The molecule has 1 aromatic heterocycles. The van der Waals surface area contributed by atoms with Crippen LogP contribution in [0.4, 0.5) is 0 Å². The van der Waals surface area contributed by atoms with Crippen LogP contribution in [-0.2, 0) is 10.0 Å². The fourth-order valence-electron chi connectivity index (χ4n) is 3.04. The maximum atomic E-state index is 13.0. The van der Waals surface area contributed by atoms with Crippen LogP contribution >= 0.6 is 0 Å². The Morgan fingerprint density at radius 3 is 2.27 bits per heavy atom. The van der Waals surface area contributed by atoms with Crippen LogP contribution in [-0.4, -0.2) is 13.4 Å². The molecule has 0 aliphatic carbocycles. The zero-order valence-corrected chi connectivity index (χ0v) is 16.1. The van der Waals surface area contributed by atoms with Crippen LogP contribution in [0.1, 0.15) is 50.3 Å². The third-order valence-corrected chi connectivity index (χ3v) is 6.10. The molecule has 1 atom stereocenters. The molecule has 26 heavy (non-hydrogen) atoms. The second-order valence-electron chi connectivity index (χ2n) is 6.73. The number of pyridine rings is 1. The Balaban J connectivity index is 1.94. The smallest absolute Gasteiger partial charge is 0.243 e. The van der Waals surface area contributed by atoms with E-state index in [0.717, 1.165) is 10.9 Å². The van der Waals surface area contributed by atoms with Gasteiger partial charge in [0.15, 0.2) is 0 Å². The van der Waals surface area contributed by atoms with Crippen molar-refractivity contribution in [2.75, 3.05) is 0 Å². The third kappa shape index (κ3) is 3.79. The number of hydrogen-bond acceptors (Lipinski definition) is 3. The highest BCUT2D eigenvalue weighted by Crippen LogP contribution is 2.25. The molecular weight excluding hydrogens is 344 g/mol. The van der Waals surface area contributed by atoms with E-state index in [1.807, 2.05) is 31.2 Å². The fourth-order valence-corrected chi connectivity index (χ4v) is 4.53. The summed E-state index contributed by atoms with van der Waals surface area (Å²) in [4.78, 5) is 4.48. The molecule has 0 spiro atoms. The van der Waals surface area contributed by atoms with Gasteiger partial charge in [0.2, 0.25) is 10.0 Å². The number of para-hydroxylation sites is 1. The van der Waals surface area contributed by atoms with Gasteiger partial charge in [-0.05, 0) is 35.6 Å². The molecule has 0 aliphatic heterocycles. The van der Waals surface area contributed by atoms with Crippen LogP contribution in [0.15, 0.2) is 65.7 Å². The van der Waals surface area contributed by atoms with Gasteiger partial charge < -0.3 is 0 Å². The normalized spacial score (nSPS) is 13.2. The lowest BCUT2D eigenvalue weighted by Crippen LogP contribution is -2.28. The summed E-state index contributed by atoms with van der Waals surface area (Å²) in [6.45, 7) is 6.26. The molecule has 3 rings (SSSR count). The summed E-state index contributed by atoms with van der Waals surface area (Å²) in [7, 11) is -3.69. The summed E-state index contributed by atoms with van der Waals surface area (Å²) in [6, 6.07) is 16.8. The first-order chi connectivity index (χ1) is 12.4. The summed E-state index contributed by atoms with van der Waals surface area (Å²) in [5.41, 5.74) is 2.70. The van der Waals surface area contributed by atoms with E-state index in [4.69, 9.17) is 0 Å². The quantitative estimate of drug-likeness (QED) is 0.681. The maximum Gasteiger partial charge on any atom is 0.243 e. The number of nitrogens with zero attached hydrogens (tertiary/aromatic N) is 1. The van der Waals surface area contributed by atoms with E-state index in [0.29, 0.717) is 17.9 Å². The molecule has 5 heteroatoms. The van der Waals surface area contributed by atoms with E-state index < -0.39 is 10.0 Å². The van der Waals surface area contributed by atoms with Gasteiger partial charge in [-0.3, -0.25) is 4.98 Å². The van der Waals surface area contributed by atoms with Crippen LogP contribution in [0.5, 0.6) is 0 Å². The molecule has 2 aromatic carbocycles. The summed E-state index contributed by atoms with van der Waals surface area (Å²) >= 11 is 0. The van der Waals surface area contributed by atoms with Gasteiger partial charge in [0.05, 0.1) is 5.52 Å². The zero-order valence-electron chi connectivity index (χ0n) is 15.3. The largest absolute Gasteiger partial charge is 0.255 e. The van der Waals surface area contributed by atoms with Gasteiger partial charge in [0.1, 0.15) is 4.90 Å². The zero-order chi connectivity index (χ0) is 18.7. The average molecular weight is 369 g/mol. The SMILES string of the molecule is CCC(NS(=O)(=O)c1cccc2cccnc12)c1ccc(C(C)C)cc1. The standard InChI is InChI=1S/C21H24N2O2S/c1-4-19(17-12-10-16(11-13-17)15(2)3)23-26(24,25)20-9-5-7-18-8-6-14-22-21(18)20/h5-15,19,23H,4H2,1-3H3. The van der Waals surface area contributed by atoms with Gasteiger partial charge in [0, 0.05) is 17.6 Å². The molecule has 3 aromatic rings. The minimum absolute atomic E-state index is 0.216. The highest BCUT2D eigenvalue weighted by Gasteiger charge is 2.22. The molecule has 1 N–H and O–H groups in total. The monoisotopic (exact) mass is 368 g/mol. The predicted molar refractivity (Wildman–Crippen MR) is 106 cm³/mol. The number of sulfonamides is 1. The van der Waals surface area contributed by atoms with E-state index in [-0.39, 0.29) is 10.9 Å². The van der Waals surface area contributed by atoms with Crippen LogP contribution in [0.2, 0.25) is 0 Å². The number of aromatic nitrogens is 1. The first-order valence-electron chi connectivity index (χ1n) is 8.88. The van der Waals surface area contributed by atoms with Crippen molar-refractivity contribution in [1.82, 2.24) is 9.71 Å². The van der Waals surface area contributed by atoms with Gasteiger partial charge in [-0.2, -0.15) is 0 Å². The summed E-state index contributed by atoms with van der Waals surface area (Å²) in [6.07, 6.45) is 2.28. The Bertz CT molecular complexity index is 991. The number of nitrogens with one attached hydrogen (secondary N) is 1. The van der Waals surface area contributed by atoms with E-state index in [1.54, 1.807) is 24.4 Å². The predicted octanol–water partition coefficient (Wildman–Crippen LogP) is 4.79. The van der Waals surface area contributed by atoms with Crippen molar-refractivity contribution in [1.29, 1.82) is 0 Å². The summed E-state index contributed by atoms with van der Waals surface area (Å²) in [5, 5.41) is 0.810. The first kappa shape index (κ1) is 18.5. The minimum atomic E-state index is -3.69. The number of rotatable bonds is 6. The molecule has 1 heterocycles. The second kappa shape index (κ2) is 7.56. The molecule has 0 radical (unpaired) electrons. The van der Waals surface area contributed by atoms with E-state index in [1.165, 1.54) is 5.56 Å². The van der Waals surface area contributed by atoms with Crippen molar-refractivity contribution in [2.24, 2.45) is 0 Å². The average Bonchev–Trinajstić information content (AvgIpc) is 2.65. The van der Waals surface area contributed by atoms with Crippen LogP contribution < -0.4 is 4.72 Å². The van der Waals surface area contributed by atoms with Crippen molar-refractivity contribution in [3.8, 4) is 0 Å². The van der Waals surface area contributed by atoms with Crippen LogP contribution in [0.25, 0.3) is 10.9 Å². The Morgan fingerprint density at radius 2 is 1.62 bits per heavy atom. The molecular formula is C21H24N2O2S. The molecule has 0 aliphatic rings. The Kier molecular flexibility index (Phi) is 5.39. The summed E-state index contributed by atoms with van der Waals surface area (Å²) < 4.78 is 28.9. The lowest BCUT2D eigenvalue weighted by atomic mass is 9.98. The first-order valence-corrected chi connectivity index (χ1v) is 10.4. The molecule has 136 valence electrons. The maximum absolute atomic E-state index is 13.0. The van der Waals surface area contributed by atoms with Gasteiger partial charge >= 0.3 is 0 Å². The Labute approximate surface area is 155 Å². The molecule has 0 bridgehead atoms. The van der Waals surface area contributed by atoms with Crippen molar-refractivity contribution < 1.29 is 8.42 Å². The topological polar surface area (TPSA) is 59.1 Å². The molecule has 4 nitrogen and oxygen atoms in total.